The minimum atomic E-state index is -1.10. The number of rotatable bonds is 5. The van der Waals surface area contributed by atoms with Crippen LogP contribution in [0.1, 0.15) is 22.2 Å². The van der Waals surface area contributed by atoms with Crippen LogP contribution in [-0.2, 0) is 17.8 Å². The molecular formula is C13H16N2O5S. The Morgan fingerprint density at radius 2 is 2.00 bits per heavy atom. The van der Waals surface area contributed by atoms with Crippen LogP contribution >= 0.6 is 11.3 Å². The van der Waals surface area contributed by atoms with Gasteiger partial charge in [0.1, 0.15) is 9.71 Å². The zero-order chi connectivity index (χ0) is 15.7. The molecule has 2 heterocycles. The molecule has 0 saturated heterocycles. The smallest absolute Gasteiger partial charge is 0.346 e. The summed E-state index contributed by atoms with van der Waals surface area (Å²) in [5.41, 5.74) is -0.474. The van der Waals surface area contributed by atoms with Gasteiger partial charge in [0, 0.05) is 13.7 Å². The predicted octanol–water partition coefficient (Wildman–Crippen LogP) is 0.898. The number of hydrogen-bond donors (Lipinski definition) is 1. The van der Waals surface area contributed by atoms with Gasteiger partial charge < -0.3 is 9.84 Å². The molecule has 0 spiro atoms. The van der Waals surface area contributed by atoms with Crippen molar-refractivity contribution in [2.24, 2.45) is 0 Å². The summed E-state index contributed by atoms with van der Waals surface area (Å²) in [5.74, 6) is -1.10. The standard InChI is InChI=1S/C13H16N2O5S/c1-4-14-10(16)8-7(2)9(12(17)18)21-11(8)15(13(14)19)5-6-20-3/h4-6H2,1-3H3,(H,17,18). The van der Waals surface area contributed by atoms with Crippen molar-refractivity contribution < 1.29 is 14.6 Å². The highest BCUT2D eigenvalue weighted by atomic mass is 32.1. The van der Waals surface area contributed by atoms with E-state index in [0.717, 1.165) is 15.9 Å². The highest BCUT2D eigenvalue weighted by Crippen LogP contribution is 2.27. The molecule has 0 atom stereocenters. The average molecular weight is 312 g/mol. The Kier molecular flexibility index (Phi) is 4.29. The van der Waals surface area contributed by atoms with Crippen LogP contribution in [0.25, 0.3) is 10.2 Å². The first kappa shape index (κ1) is 15.5. The van der Waals surface area contributed by atoms with Gasteiger partial charge in [-0.25, -0.2) is 9.59 Å². The third-order valence-electron chi connectivity index (χ3n) is 3.32. The van der Waals surface area contributed by atoms with Crippen LogP contribution in [0.4, 0.5) is 0 Å². The first-order chi connectivity index (χ1) is 9.93. The maximum atomic E-state index is 12.4. The zero-order valence-corrected chi connectivity index (χ0v) is 12.8. The van der Waals surface area contributed by atoms with Gasteiger partial charge in [0.15, 0.2) is 0 Å². The lowest BCUT2D eigenvalue weighted by Gasteiger charge is -2.10. The Morgan fingerprint density at radius 3 is 2.52 bits per heavy atom. The van der Waals surface area contributed by atoms with E-state index in [9.17, 15) is 19.5 Å². The summed E-state index contributed by atoms with van der Waals surface area (Å²) in [5, 5.41) is 9.51. The van der Waals surface area contributed by atoms with E-state index >= 15 is 0 Å². The van der Waals surface area contributed by atoms with Crippen LogP contribution < -0.4 is 11.2 Å². The van der Waals surface area contributed by atoms with Crippen LogP contribution in [-0.4, -0.2) is 33.9 Å². The van der Waals surface area contributed by atoms with E-state index < -0.39 is 17.2 Å². The van der Waals surface area contributed by atoms with Crippen LogP contribution in [0.15, 0.2) is 9.59 Å². The van der Waals surface area contributed by atoms with E-state index in [1.165, 1.54) is 11.7 Å². The van der Waals surface area contributed by atoms with Crippen molar-refractivity contribution in [3.05, 3.63) is 31.3 Å². The highest BCUT2D eigenvalue weighted by molar-refractivity contribution is 7.20. The maximum absolute atomic E-state index is 12.4. The quantitative estimate of drug-likeness (QED) is 0.885. The topological polar surface area (TPSA) is 90.5 Å². The fourth-order valence-electron chi connectivity index (χ4n) is 2.26. The van der Waals surface area contributed by atoms with Crippen LogP contribution in [0, 0.1) is 6.92 Å². The number of carboxylic acids is 1. The monoisotopic (exact) mass is 312 g/mol. The summed E-state index contributed by atoms with van der Waals surface area (Å²) >= 11 is 0.951. The van der Waals surface area contributed by atoms with E-state index in [-0.39, 0.29) is 18.0 Å². The molecule has 0 aliphatic rings. The number of fused-ring (bicyclic) bond motifs is 1. The van der Waals surface area contributed by atoms with Gasteiger partial charge in [-0.2, -0.15) is 0 Å². The summed E-state index contributed by atoms with van der Waals surface area (Å²) in [7, 11) is 1.51. The lowest BCUT2D eigenvalue weighted by Crippen LogP contribution is -2.39. The molecule has 0 saturated carbocycles. The molecule has 8 heteroatoms. The second-order valence-electron chi connectivity index (χ2n) is 4.52. The average Bonchev–Trinajstić information content (AvgIpc) is 2.77. The molecule has 2 aromatic rings. The molecule has 114 valence electrons. The minimum Gasteiger partial charge on any atom is -0.477 e. The van der Waals surface area contributed by atoms with Crippen molar-refractivity contribution in [1.29, 1.82) is 0 Å². The number of carboxylic acid groups (broad SMARTS) is 1. The minimum absolute atomic E-state index is 0.0847. The molecule has 0 amide bonds. The second kappa shape index (κ2) is 5.82. The third-order valence-corrected chi connectivity index (χ3v) is 4.63. The number of ether oxygens (including phenoxy) is 1. The number of aryl methyl sites for hydroxylation is 1. The van der Waals surface area contributed by atoms with Gasteiger partial charge >= 0.3 is 11.7 Å². The maximum Gasteiger partial charge on any atom is 0.346 e. The Balaban J connectivity index is 2.93. The van der Waals surface area contributed by atoms with Crippen LogP contribution in [0.5, 0.6) is 0 Å². The number of hydrogen-bond acceptors (Lipinski definition) is 5. The predicted molar refractivity (Wildman–Crippen MR) is 79.6 cm³/mol. The van der Waals surface area contributed by atoms with Gasteiger partial charge in [-0.1, -0.05) is 0 Å². The molecule has 2 aromatic heterocycles. The number of methoxy groups -OCH3 is 1. The van der Waals surface area contributed by atoms with Crippen molar-refractivity contribution in [2.45, 2.75) is 26.9 Å². The third kappa shape index (κ3) is 2.40. The summed E-state index contributed by atoms with van der Waals surface area (Å²) in [6, 6.07) is 0. The number of aromatic carboxylic acids is 1. The largest absolute Gasteiger partial charge is 0.477 e. The molecule has 0 bridgehead atoms. The van der Waals surface area contributed by atoms with Crippen molar-refractivity contribution >= 4 is 27.5 Å². The van der Waals surface area contributed by atoms with E-state index in [1.54, 1.807) is 13.8 Å². The lowest BCUT2D eigenvalue weighted by atomic mass is 10.2. The second-order valence-corrected chi connectivity index (χ2v) is 5.52. The van der Waals surface area contributed by atoms with Gasteiger partial charge in [-0.05, 0) is 19.4 Å². The zero-order valence-electron chi connectivity index (χ0n) is 12.0. The fourth-order valence-corrected chi connectivity index (χ4v) is 3.42. The molecule has 0 unspecified atom stereocenters. The number of nitrogens with zero attached hydrogens (tertiary/aromatic N) is 2. The Morgan fingerprint density at radius 1 is 1.33 bits per heavy atom. The highest BCUT2D eigenvalue weighted by Gasteiger charge is 2.22. The molecule has 0 aliphatic heterocycles. The summed E-state index contributed by atoms with van der Waals surface area (Å²) in [6.07, 6.45) is 0. The number of carbonyl (C=O) groups is 1. The molecule has 7 nitrogen and oxygen atoms in total. The molecule has 0 fully saturated rings. The van der Waals surface area contributed by atoms with Gasteiger partial charge in [0.05, 0.1) is 18.5 Å². The molecule has 21 heavy (non-hydrogen) atoms. The number of thiophene rings is 1. The Hall–Kier alpha value is -1.93. The summed E-state index contributed by atoms with van der Waals surface area (Å²) in [4.78, 5) is 36.5. The lowest BCUT2D eigenvalue weighted by molar-refractivity contribution is 0.0701. The molecule has 2 rings (SSSR count). The van der Waals surface area contributed by atoms with Gasteiger partial charge in [-0.3, -0.25) is 13.9 Å². The van der Waals surface area contributed by atoms with Crippen LogP contribution in [0.2, 0.25) is 0 Å². The van der Waals surface area contributed by atoms with E-state index in [4.69, 9.17) is 4.74 Å². The van der Waals surface area contributed by atoms with Crippen molar-refractivity contribution in [1.82, 2.24) is 9.13 Å². The van der Waals surface area contributed by atoms with E-state index in [2.05, 4.69) is 0 Å². The van der Waals surface area contributed by atoms with Crippen LogP contribution in [0.3, 0.4) is 0 Å². The van der Waals surface area contributed by atoms with E-state index in [1.807, 2.05) is 0 Å². The van der Waals surface area contributed by atoms with Crippen molar-refractivity contribution in [3.8, 4) is 0 Å². The van der Waals surface area contributed by atoms with Gasteiger partial charge in [0.2, 0.25) is 0 Å². The summed E-state index contributed by atoms with van der Waals surface area (Å²) < 4.78 is 7.50. The summed E-state index contributed by atoms with van der Waals surface area (Å²) in [6.45, 7) is 4.10. The fraction of sp³-hybridized carbons (Fsp3) is 0.462. The number of aromatic nitrogens is 2. The molecule has 0 aliphatic carbocycles. The SMILES string of the molecule is CCn1c(=O)c2c(C)c(C(=O)O)sc2n(CCOC)c1=O. The molecular weight excluding hydrogens is 296 g/mol. The van der Waals surface area contributed by atoms with Gasteiger partial charge in [-0.15, -0.1) is 11.3 Å². The Bertz CT molecular complexity index is 815. The molecule has 1 N–H and O–H groups in total. The molecule has 0 radical (unpaired) electrons. The normalized spacial score (nSPS) is 11.2. The first-order valence-electron chi connectivity index (χ1n) is 6.43. The van der Waals surface area contributed by atoms with Crippen molar-refractivity contribution in [2.75, 3.05) is 13.7 Å². The van der Waals surface area contributed by atoms with Gasteiger partial charge in [0.25, 0.3) is 5.56 Å². The Labute approximate surface area is 124 Å². The van der Waals surface area contributed by atoms with E-state index in [0.29, 0.717) is 22.4 Å². The first-order valence-corrected chi connectivity index (χ1v) is 7.24. The molecule has 0 aromatic carbocycles. The van der Waals surface area contributed by atoms with Crippen molar-refractivity contribution in [3.63, 3.8) is 0 Å².